The highest BCUT2D eigenvalue weighted by molar-refractivity contribution is 7.13. The van der Waals surface area contributed by atoms with Gasteiger partial charge in [-0.15, -0.1) is 11.3 Å². The number of aromatic nitrogens is 3. The largest absolute Gasteiger partial charge is 0.470 e. The smallest absolute Gasteiger partial charge is 0.434 e. The molecule has 2 aromatic rings. The first-order chi connectivity index (χ1) is 15.5. The molecule has 1 aliphatic heterocycles. The molecule has 1 aliphatic carbocycles. The first-order valence-electron chi connectivity index (χ1n) is 10.3. The lowest BCUT2D eigenvalue weighted by Crippen LogP contribution is -2.56. The first kappa shape index (κ1) is 23.6. The van der Waals surface area contributed by atoms with Gasteiger partial charge in [0, 0.05) is 30.0 Å². The molecule has 2 aliphatic rings. The van der Waals surface area contributed by atoms with Gasteiger partial charge in [0.25, 0.3) is 0 Å². The zero-order valence-corrected chi connectivity index (χ0v) is 18.4. The molecule has 1 saturated carbocycles. The summed E-state index contributed by atoms with van der Waals surface area (Å²) in [6, 6.07) is 1.56. The molecule has 1 amide bonds. The quantitative estimate of drug-likeness (QED) is 0.558. The van der Waals surface area contributed by atoms with Crippen LogP contribution in [0.5, 0.6) is 5.88 Å². The molecular weight excluding hydrogens is 471 g/mol. The van der Waals surface area contributed by atoms with E-state index in [9.17, 15) is 26.7 Å². The zero-order valence-electron chi connectivity index (χ0n) is 17.6. The molecule has 0 bridgehead atoms. The SMILES string of the molecule is COC(=O)N1CC(Oc2cc(CC3CCC(F)(F)CC3)nc(-c3nc(C(F)(F)F)cs3)n2)C1. The molecule has 2 fully saturated rings. The van der Waals surface area contributed by atoms with Gasteiger partial charge in [0.1, 0.15) is 6.10 Å². The van der Waals surface area contributed by atoms with E-state index in [4.69, 9.17) is 4.74 Å². The van der Waals surface area contributed by atoms with Crippen molar-refractivity contribution in [3.05, 3.63) is 22.8 Å². The minimum Gasteiger partial charge on any atom is -0.470 e. The number of alkyl halides is 5. The van der Waals surface area contributed by atoms with Crippen LogP contribution in [0.1, 0.15) is 37.1 Å². The Balaban J connectivity index is 1.54. The fourth-order valence-corrected chi connectivity index (χ4v) is 4.56. The van der Waals surface area contributed by atoms with Crippen molar-refractivity contribution in [2.75, 3.05) is 20.2 Å². The van der Waals surface area contributed by atoms with E-state index in [0.29, 0.717) is 25.0 Å². The summed E-state index contributed by atoms with van der Waals surface area (Å²) in [5.74, 6) is -2.57. The Labute approximate surface area is 189 Å². The van der Waals surface area contributed by atoms with Crippen LogP contribution < -0.4 is 4.74 Å². The molecule has 2 aromatic heterocycles. The van der Waals surface area contributed by atoms with E-state index < -0.39 is 23.9 Å². The van der Waals surface area contributed by atoms with E-state index in [2.05, 4.69) is 19.7 Å². The summed E-state index contributed by atoms with van der Waals surface area (Å²) >= 11 is 0.758. The summed E-state index contributed by atoms with van der Waals surface area (Å²) in [6.07, 6.45) is -4.83. The Hall–Kier alpha value is -2.57. The number of carbonyl (C=O) groups is 1. The lowest BCUT2D eigenvalue weighted by atomic mass is 9.84. The van der Waals surface area contributed by atoms with E-state index in [1.165, 1.54) is 12.0 Å². The Morgan fingerprint density at radius 1 is 1.21 bits per heavy atom. The lowest BCUT2D eigenvalue weighted by Gasteiger charge is -2.37. The zero-order chi connectivity index (χ0) is 23.8. The highest BCUT2D eigenvalue weighted by Gasteiger charge is 2.37. The Morgan fingerprint density at radius 3 is 2.52 bits per heavy atom. The topological polar surface area (TPSA) is 77.4 Å². The van der Waals surface area contributed by atoms with E-state index in [0.717, 1.165) is 16.7 Å². The van der Waals surface area contributed by atoms with Crippen LogP contribution in [0, 0.1) is 5.92 Å². The molecule has 33 heavy (non-hydrogen) atoms. The van der Waals surface area contributed by atoms with Crippen LogP contribution in [0.4, 0.5) is 26.7 Å². The van der Waals surface area contributed by atoms with Gasteiger partial charge in [-0.3, -0.25) is 0 Å². The van der Waals surface area contributed by atoms with E-state index in [-0.39, 0.29) is 54.7 Å². The van der Waals surface area contributed by atoms with Crippen LogP contribution in [-0.4, -0.2) is 58.2 Å². The first-order valence-corrected chi connectivity index (χ1v) is 11.2. The Kier molecular flexibility index (Phi) is 6.43. The molecular formula is C20H21F5N4O3S. The fourth-order valence-electron chi connectivity index (χ4n) is 3.80. The molecule has 0 N–H and O–H groups in total. The molecule has 0 spiro atoms. The molecule has 0 unspecified atom stereocenters. The van der Waals surface area contributed by atoms with Crippen LogP contribution >= 0.6 is 11.3 Å². The second-order valence-corrected chi connectivity index (χ2v) is 9.03. The standard InChI is InChI=1S/C20H21F5N4O3S/c1-31-18(30)29-8-13(9-29)32-15-7-12(6-11-2-4-19(21,22)5-3-11)26-16(28-15)17-27-14(10-33-17)20(23,24)25/h7,10-11,13H,2-6,8-9H2,1H3. The van der Waals surface area contributed by atoms with Gasteiger partial charge < -0.3 is 14.4 Å². The molecule has 180 valence electrons. The maximum atomic E-state index is 13.5. The highest BCUT2D eigenvalue weighted by atomic mass is 32.1. The number of halogens is 5. The van der Waals surface area contributed by atoms with Crippen molar-refractivity contribution in [2.24, 2.45) is 5.92 Å². The van der Waals surface area contributed by atoms with Crippen LogP contribution in [0.15, 0.2) is 11.4 Å². The summed E-state index contributed by atoms with van der Waals surface area (Å²) in [4.78, 5) is 25.1. The molecule has 0 atom stereocenters. The van der Waals surface area contributed by atoms with E-state index in [1.807, 2.05) is 0 Å². The number of likely N-dealkylation sites (tertiary alicyclic amines) is 1. The van der Waals surface area contributed by atoms with Gasteiger partial charge >= 0.3 is 12.3 Å². The summed E-state index contributed by atoms with van der Waals surface area (Å²) in [7, 11) is 1.27. The van der Waals surface area contributed by atoms with Gasteiger partial charge in [0.05, 0.1) is 20.2 Å². The molecule has 3 heterocycles. The number of rotatable bonds is 5. The van der Waals surface area contributed by atoms with Crippen molar-refractivity contribution in [1.29, 1.82) is 0 Å². The number of thiazole rings is 1. The average Bonchev–Trinajstić information content (AvgIpc) is 3.22. The van der Waals surface area contributed by atoms with E-state index in [1.54, 1.807) is 6.07 Å². The van der Waals surface area contributed by atoms with Gasteiger partial charge in [-0.2, -0.15) is 18.2 Å². The predicted molar refractivity (Wildman–Crippen MR) is 107 cm³/mol. The molecule has 1 saturated heterocycles. The second kappa shape index (κ2) is 8.99. The third-order valence-electron chi connectivity index (χ3n) is 5.64. The average molecular weight is 492 g/mol. The minimum absolute atomic E-state index is 0.0194. The number of amides is 1. The van der Waals surface area contributed by atoms with Crippen molar-refractivity contribution in [3.8, 4) is 16.7 Å². The van der Waals surface area contributed by atoms with Gasteiger partial charge in [0.15, 0.2) is 16.5 Å². The van der Waals surface area contributed by atoms with Gasteiger partial charge in [-0.1, -0.05) is 0 Å². The van der Waals surface area contributed by atoms with Crippen LogP contribution in [0.2, 0.25) is 0 Å². The second-order valence-electron chi connectivity index (χ2n) is 8.18. The maximum absolute atomic E-state index is 13.5. The number of methoxy groups -OCH3 is 1. The number of hydrogen-bond acceptors (Lipinski definition) is 7. The van der Waals surface area contributed by atoms with Gasteiger partial charge in [0.2, 0.25) is 11.8 Å². The van der Waals surface area contributed by atoms with E-state index >= 15 is 0 Å². The predicted octanol–water partition coefficient (Wildman–Crippen LogP) is 4.82. The van der Waals surface area contributed by atoms with Gasteiger partial charge in [-0.05, 0) is 25.2 Å². The van der Waals surface area contributed by atoms with Crippen LogP contribution in [0.3, 0.4) is 0 Å². The van der Waals surface area contributed by atoms with Crippen molar-refractivity contribution in [1.82, 2.24) is 19.9 Å². The monoisotopic (exact) mass is 492 g/mol. The van der Waals surface area contributed by atoms with Crippen molar-refractivity contribution < 1.29 is 36.2 Å². The molecule has 13 heteroatoms. The normalized spacial score (nSPS) is 19.3. The highest BCUT2D eigenvalue weighted by Crippen LogP contribution is 2.38. The number of ether oxygens (including phenoxy) is 2. The molecule has 0 radical (unpaired) electrons. The summed E-state index contributed by atoms with van der Waals surface area (Å²) in [6.45, 7) is 0.545. The van der Waals surface area contributed by atoms with Crippen molar-refractivity contribution in [3.63, 3.8) is 0 Å². The van der Waals surface area contributed by atoms with Crippen molar-refractivity contribution in [2.45, 2.75) is 50.3 Å². The van der Waals surface area contributed by atoms with Crippen molar-refractivity contribution >= 4 is 17.4 Å². The van der Waals surface area contributed by atoms with Gasteiger partial charge in [-0.25, -0.2) is 23.5 Å². The third-order valence-corrected chi connectivity index (χ3v) is 6.48. The maximum Gasteiger partial charge on any atom is 0.434 e. The Bertz CT molecular complexity index is 1000. The molecule has 4 rings (SSSR count). The number of carbonyl (C=O) groups excluding carboxylic acids is 1. The summed E-state index contributed by atoms with van der Waals surface area (Å²) in [5, 5.41) is 0.865. The third kappa shape index (κ3) is 5.68. The van der Waals surface area contributed by atoms with Crippen LogP contribution in [0.25, 0.3) is 10.8 Å². The summed E-state index contributed by atoms with van der Waals surface area (Å²) in [5.41, 5.74) is -0.556. The minimum atomic E-state index is -4.59. The molecule has 0 aromatic carbocycles. The number of nitrogens with zero attached hydrogens (tertiary/aromatic N) is 4. The molecule has 7 nitrogen and oxygen atoms in total. The fraction of sp³-hybridized carbons (Fsp3) is 0.600. The summed E-state index contributed by atoms with van der Waals surface area (Å²) < 4.78 is 76.3. The Morgan fingerprint density at radius 2 is 1.91 bits per heavy atom. The lowest BCUT2D eigenvalue weighted by molar-refractivity contribution is -0.140. The number of hydrogen-bond donors (Lipinski definition) is 0. The van der Waals surface area contributed by atoms with Crippen LogP contribution in [-0.2, 0) is 17.3 Å².